The lowest BCUT2D eigenvalue weighted by molar-refractivity contribution is 0.980. The first-order valence-corrected chi connectivity index (χ1v) is 13.0. The topological polar surface area (TPSA) is 4.93 Å². The molecule has 0 aliphatic heterocycles. The fourth-order valence-electron chi connectivity index (χ4n) is 6.15. The molecule has 0 atom stereocenters. The first kappa shape index (κ1) is 21.2. The number of rotatable bonds is 3. The monoisotopic (exact) mass is 463 g/mol. The van der Waals surface area contributed by atoms with Crippen LogP contribution in [-0.4, -0.2) is 4.57 Å². The summed E-state index contributed by atoms with van der Waals surface area (Å²) in [5.74, 6) is 0. The lowest BCUT2D eigenvalue weighted by atomic mass is 9.90. The minimum absolute atomic E-state index is 1.05. The summed E-state index contributed by atoms with van der Waals surface area (Å²) in [5, 5.41) is 5.25. The summed E-state index contributed by atoms with van der Waals surface area (Å²) in [5.41, 5.74) is 12.1. The Balaban J connectivity index is 1.66. The molecule has 0 spiro atoms. The van der Waals surface area contributed by atoms with Crippen molar-refractivity contribution in [1.29, 1.82) is 0 Å². The van der Waals surface area contributed by atoms with Crippen molar-refractivity contribution in [2.75, 3.05) is 0 Å². The lowest BCUT2D eigenvalue weighted by Crippen LogP contribution is -2.00. The molecule has 174 valence electrons. The van der Waals surface area contributed by atoms with E-state index in [1.165, 1.54) is 71.7 Å². The Kier molecular flexibility index (Phi) is 4.85. The van der Waals surface area contributed by atoms with Crippen LogP contribution in [0.5, 0.6) is 0 Å². The van der Waals surface area contributed by atoms with Gasteiger partial charge in [0.15, 0.2) is 0 Å². The van der Waals surface area contributed by atoms with Gasteiger partial charge >= 0.3 is 0 Å². The van der Waals surface area contributed by atoms with Gasteiger partial charge in [0.1, 0.15) is 0 Å². The molecule has 5 aromatic rings. The third kappa shape index (κ3) is 3.16. The molecule has 1 heteroatoms. The SMILES string of the molecule is CC1=C(c2cc(-c3c4ccccc4cc4c5ccccc5n(C5=CC=CCC5)c34)ccc2C)C=CC1. The number of aryl methyl sites for hydroxylation is 1. The van der Waals surface area contributed by atoms with E-state index in [1.807, 2.05) is 0 Å². The van der Waals surface area contributed by atoms with Crippen LogP contribution in [0.15, 0.2) is 109 Å². The van der Waals surface area contributed by atoms with Crippen LogP contribution in [0.1, 0.15) is 37.3 Å². The summed E-state index contributed by atoms with van der Waals surface area (Å²) in [6.07, 6.45) is 14.5. The number of nitrogens with zero attached hydrogens (tertiary/aromatic N) is 1. The standard InChI is InChI=1S/C35H29N/c1-23-11-10-17-28(23)31-22-26(20-19-24(31)2)34-29-15-7-6-12-25(29)21-32-30-16-8-9-18-33(30)36(35(32)34)27-13-4-3-5-14-27/h3-4,6-10,12-13,15-22H,5,11,14H2,1-2H3. The van der Waals surface area contributed by atoms with Crippen LogP contribution < -0.4 is 0 Å². The van der Waals surface area contributed by atoms with Crippen molar-refractivity contribution in [1.82, 2.24) is 4.57 Å². The number of fused-ring (bicyclic) bond motifs is 4. The van der Waals surface area contributed by atoms with E-state index < -0.39 is 0 Å². The zero-order valence-corrected chi connectivity index (χ0v) is 20.9. The van der Waals surface area contributed by atoms with Crippen LogP contribution in [-0.2, 0) is 0 Å². The van der Waals surface area contributed by atoms with Gasteiger partial charge < -0.3 is 4.57 Å². The summed E-state index contributed by atoms with van der Waals surface area (Å²) in [7, 11) is 0. The molecule has 0 N–H and O–H groups in total. The van der Waals surface area contributed by atoms with Gasteiger partial charge in [-0.05, 0) is 90.4 Å². The van der Waals surface area contributed by atoms with Gasteiger partial charge in [0.05, 0.1) is 11.0 Å². The van der Waals surface area contributed by atoms with E-state index in [2.05, 4.69) is 122 Å². The highest BCUT2D eigenvalue weighted by molar-refractivity contribution is 6.21. The third-order valence-corrected chi connectivity index (χ3v) is 7.94. The predicted octanol–water partition coefficient (Wildman–Crippen LogP) is 9.85. The molecule has 1 nitrogen and oxygen atoms in total. The van der Waals surface area contributed by atoms with Crippen molar-refractivity contribution in [3.05, 3.63) is 120 Å². The van der Waals surface area contributed by atoms with Gasteiger partial charge in [-0.1, -0.05) is 84.5 Å². The smallest absolute Gasteiger partial charge is 0.0622 e. The number of benzene rings is 4. The molecule has 0 amide bonds. The minimum Gasteiger partial charge on any atom is -0.312 e. The second-order valence-corrected chi connectivity index (χ2v) is 10.2. The molecule has 2 aliphatic rings. The normalized spacial score (nSPS) is 15.6. The van der Waals surface area contributed by atoms with Crippen molar-refractivity contribution >= 4 is 43.8 Å². The molecule has 7 rings (SSSR count). The highest BCUT2D eigenvalue weighted by Gasteiger charge is 2.21. The summed E-state index contributed by atoms with van der Waals surface area (Å²) >= 11 is 0. The fourth-order valence-corrected chi connectivity index (χ4v) is 6.15. The molecule has 0 unspecified atom stereocenters. The minimum atomic E-state index is 1.05. The molecule has 0 bridgehead atoms. The summed E-state index contributed by atoms with van der Waals surface area (Å²) in [4.78, 5) is 0. The molecule has 1 heterocycles. The van der Waals surface area contributed by atoms with Gasteiger partial charge in [-0.15, -0.1) is 0 Å². The second-order valence-electron chi connectivity index (χ2n) is 10.2. The van der Waals surface area contributed by atoms with Crippen molar-refractivity contribution < 1.29 is 0 Å². The summed E-state index contributed by atoms with van der Waals surface area (Å²) in [6, 6.07) is 27.2. The molecule has 0 saturated heterocycles. The van der Waals surface area contributed by atoms with Crippen molar-refractivity contribution in [2.45, 2.75) is 33.1 Å². The fraction of sp³-hybridized carbons (Fsp3) is 0.143. The third-order valence-electron chi connectivity index (χ3n) is 7.94. The molecule has 0 fully saturated rings. The maximum absolute atomic E-state index is 2.54. The summed E-state index contributed by atoms with van der Waals surface area (Å²) < 4.78 is 2.54. The van der Waals surface area contributed by atoms with Gasteiger partial charge in [0.2, 0.25) is 0 Å². The molecule has 2 aliphatic carbocycles. The molecular formula is C35H29N. The zero-order chi connectivity index (χ0) is 24.2. The number of hydrogen-bond acceptors (Lipinski definition) is 0. The Hall–Kier alpha value is -4.10. The summed E-state index contributed by atoms with van der Waals surface area (Å²) in [6.45, 7) is 4.50. The van der Waals surface area contributed by atoms with Crippen molar-refractivity contribution in [3.8, 4) is 11.1 Å². The Morgan fingerprint density at radius 3 is 2.42 bits per heavy atom. The van der Waals surface area contributed by atoms with E-state index in [0.717, 1.165) is 19.3 Å². The average molecular weight is 464 g/mol. The van der Waals surface area contributed by atoms with E-state index >= 15 is 0 Å². The van der Waals surface area contributed by atoms with Crippen molar-refractivity contribution in [2.24, 2.45) is 0 Å². The molecule has 0 saturated carbocycles. The number of allylic oxidation sites excluding steroid dienone is 8. The number of para-hydroxylation sites is 1. The molecule has 4 aromatic carbocycles. The van der Waals surface area contributed by atoms with Gasteiger partial charge in [0.25, 0.3) is 0 Å². The zero-order valence-electron chi connectivity index (χ0n) is 20.9. The number of aromatic nitrogens is 1. The lowest BCUT2D eigenvalue weighted by Gasteiger charge is -2.18. The quantitative estimate of drug-likeness (QED) is 0.251. The van der Waals surface area contributed by atoms with Crippen molar-refractivity contribution in [3.63, 3.8) is 0 Å². The second kappa shape index (κ2) is 8.24. The average Bonchev–Trinajstić information content (AvgIpc) is 3.49. The molecule has 0 radical (unpaired) electrons. The van der Waals surface area contributed by atoms with E-state index in [4.69, 9.17) is 0 Å². The molecule has 1 aromatic heterocycles. The molecule has 36 heavy (non-hydrogen) atoms. The maximum atomic E-state index is 2.54. The Morgan fingerprint density at radius 1 is 0.778 bits per heavy atom. The van der Waals surface area contributed by atoms with Crippen LogP contribution in [0.25, 0.3) is 55.0 Å². The Bertz CT molecular complexity index is 1820. The highest BCUT2D eigenvalue weighted by atomic mass is 15.0. The highest BCUT2D eigenvalue weighted by Crippen LogP contribution is 2.44. The van der Waals surface area contributed by atoms with E-state index in [1.54, 1.807) is 0 Å². The number of hydrogen-bond donors (Lipinski definition) is 0. The maximum Gasteiger partial charge on any atom is 0.0622 e. The van der Waals surface area contributed by atoms with Gasteiger partial charge in [0, 0.05) is 22.0 Å². The van der Waals surface area contributed by atoms with E-state index in [-0.39, 0.29) is 0 Å². The van der Waals surface area contributed by atoms with Gasteiger partial charge in [-0.2, -0.15) is 0 Å². The first-order chi connectivity index (χ1) is 17.7. The van der Waals surface area contributed by atoms with Crippen LogP contribution >= 0.6 is 0 Å². The predicted molar refractivity (Wildman–Crippen MR) is 156 cm³/mol. The van der Waals surface area contributed by atoms with Crippen LogP contribution in [0.3, 0.4) is 0 Å². The van der Waals surface area contributed by atoms with Gasteiger partial charge in [-0.3, -0.25) is 0 Å². The van der Waals surface area contributed by atoms with Crippen LogP contribution in [0.2, 0.25) is 0 Å². The van der Waals surface area contributed by atoms with E-state index in [9.17, 15) is 0 Å². The molecular weight excluding hydrogens is 434 g/mol. The largest absolute Gasteiger partial charge is 0.312 e. The Morgan fingerprint density at radius 2 is 1.61 bits per heavy atom. The van der Waals surface area contributed by atoms with Crippen LogP contribution in [0.4, 0.5) is 0 Å². The first-order valence-electron chi connectivity index (χ1n) is 13.0. The van der Waals surface area contributed by atoms with E-state index in [0.29, 0.717) is 0 Å². The van der Waals surface area contributed by atoms with Gasteiger partial charge in [-0.25, -0.2) is 0 Å². The van der Waals surface area contributed by atoms with Crippen LogP contribution in [0, 0.1) is 6.92 Å². The Labute approximate surface area is 212 Å².